The number of halogens is 1. The monoisotopic (exact) mass is 458 g/mol. The zero-order valence-corrected chi connectivity index (χ0v) is 16.8. The summed E-state index contributed by atoms with van der Waals surface area (Å²) < 4.78 is 6.43. The van der Waals surface area contributed by atoms with Gasteiger partial charge in [-0.15, -0.1) is 0 Å². The first kappa shape index (κ1) is 19.7. The lowest BCUT2D eigenvalue weighted by Gasteiger charge is -2.09. The predicted octanol–water partition coefficient (Wildman–Crippen LogP) is 5.02. The third-order valence-electron chi connectivity index (χ3n) is 3.63. The lowest BCUT2D eigenvalue weighted by atomic mass is 10.1. The Labute approximate surface area is 167 Å². The Hall–Kier alpha value is -2.59. The number of hydrogen-bond acceptors (Lipinski definition) is 3. The van der Waals surface area contributed by atoms with Gasteiger partial charge in [0.2, 0.25) is 0 Å². The van der Waals surface area contributed by atoms with Crippen LogP contribution in [-0.4, -0.2) is 12.5 Å². The summed E-state index contributed by atoms with van der Waals surface area (Å²) in [5.74, 6) is 0.309. The molecule has 2 rings (SSSR count). The summed E-state index contributed by atoms with van der Waals surface area (Å²) in [7, 11) is 0. The molecule has 4 nitrogen and oxygen atoms in total. The largest absolute Gasteiger partial charge is 0.488 e. The van der Waals surface area contributed by atoms with Crippen molar-refractivity contribution in [2.45, 2.75) is 13.8 Å². The van der Waals surface area contributed by atoms with Gasteiger partial charge in [0.05, 0.1) is 3.57 Å². The number of nitrogens with one attached hydrogen (secondary N) is 1. The molecule has 0 atom stereocenters. The molecule has 1 N–H and O–H groups in total. The lowest BCUT2D eigenvalue weighted by Crippen LogP contribution is -2.14. The van der Waals surface area contributed by atoms with Crippen molar-refractivity contribution in [1.82, 2.24) is 0 Å². The van der Waals surface area contributed by atoms with E-state index in [4.69, 9.17) is 4.74 Å². The number of amides is 1. The van der Waals surface area contributed by atoms with Crippen LogP contribution in [0.3, 0.4) is 0 Å². The number of hydrogen-bond donors (Lipinski definition) is 1. The molecule has 0 aromatic heterocycles. The van der Waals surface area contributed by atoms with Crippen LogP contribution in [0.2, 0.25) is 0 Å². The van der Waals surface area contributed by atoms with Gasteiger partial charge in [-0.2, -0.15) is 5.26 Å². The van der Waals surface area contributed by atoms with Gasteiger partial charge in [0.1, 0.15) is 24.0 Å². The zero-order valence-electron chi connectivity index (χ0n) is 14.7. The third-order valence-corrected chi connectivity index (χ3v) is 4.47. The van der Waals surface area contributed by atoms with E-state index < -0.39 is 5.91 Å². The van der Waals surface area contributed by atoms with Crippen LogP contribution in [0.15, 0.2) is 54.6 Å². The van der Waals surface area contributed by atoms with Gasteiger partial charge in [0.15, 0.2) is 0 Å². The van der Waals surface area contributed by atoms with Crippen LogP contribution in [0, 0.1) is 28.7 Å². The second-order valence-corrected chi connectivity index (χ2v) is 6.89. The van der Waals surface area contributed by atoms with Crippen LogP contribution in [-0.2, 0) is 4.79 Å². The van der Waals surface area contributed by atoms with Gasteiger partial charge in [-0.25, -0.2) is 0 Å². The number of carbonyl (C=O) groups excluding carboxylic acids is 1. The van der Waals surface area contributed by atoms with Gasteiger partial charge in [-0.05, 0) is 77.4 Å². The van der Waals surface area contributed by atoms with Gasteiger partial charge in [-0.1, -0.05) is 30.9 Å². The first-order valence-corrected chi connectivity index (χ1v) is 9.06. The number of nitrogens with zero attached hydrogens (tertiary/aromatic N) is 1. The zero-order chi connectivity index (χ0) is 19.1. The quantitative estimate of drug-likeness (QED) is 0.286. The molecule has 0 aliphatic heterocycles. The molecule has 0 saturated heterocycles. The highest BCUT2D eigenvalue weighted by Crippen LogP contribution is 2.24. The summed E-state index contributed by atoms with van der Waals surface area (Å²) in [5.41, 5.74) is 3.49. The number of benzene rings is 2. The number of ether oxygens (including phenoxy) is 1. The maximum atomic E-state index is 12.5. The van der Waals surface area contributed by atoms with Crippen molar-refractivity contribution < 1.29 is 9.53 Å². The van der Waals surface area contributed by atoms with E-state index in [2.05, 4.69) is 34.5 Å². The highest BCUT2D eigenvalue weighted by molar-refractivity contribution is 14.1. The van der Waals surface area contributed by atoms with E-state index in [1.54, 1.807) is 12.2 Å². The minimum absolute atomic E-state index is 0.0430. The van der Waals surface area contributed by atoms with Crippen molar-refractivity contribution in [3.8, 4) is 11.8 Å². The maximum Gasteiger partial charge on any atom is 0.266 e. The molecular weight excluding hydrogens is 439 g/mol. The van der Waals surface area contributed by atoms with E-state index in [1.165, 1.54) is 0 Å². The Morgan fingerprint density at radius 2 is 2.08 bits per heavy atom. The highest BCUT2D eigenvalue weighted by Gasteiger charge is 2.11. The molecule has 0 spiro atoms. The summed E-state index contributed by atoms with van der Waals surface area (Å²) in [6.45, 7) is 7.91. The molecule has 0 heterocycles. The van der Waals surface area contributed by atoms with E-state index in [0.717, 1.165) is 26.0 Å². The smallest absolute Gasteiger partial charge is 0.266 e. The summed E-state index contributed by atoms with van der Waals surface area (Å²) in [6, 6.07) is 13.3. The molecule has 5 heteroatoms. The fourth-order valence-corrected chi connectivity index (χ4v) is 2.94. The molecular formula is C21H19IN2O2. The molecule has 0 saturated carbocycles. The van der Waals surface area contributed by atoms with Gasteiger partial charge >= 0.3 is 0 Å². The summed E-state index contributed by atoms with van der Waals surface area (Å²) in [6.07, 6.45) is 3.25. The SMILES string of the molecule is C=CCOc1ccc(/C=C(\C#N)C(=O)Nc2cc(C)ccc2C)cc1I. The molecule has 2 aromatic carbocycles. The molecule has 0 fully saturated rings. The Morgan fingerprint density at radius 3 is 2.73 bits per heavy atom. The van der Waals surface area contributed by atoms with E-state index in [-0.39, 0.29) is 5.57 Å². The Kier molecular flexibility index (Phi) is 6.98. The molecule has 26 heavy (non-hydrogen) atoms. The standard InChI is InChI=1S/C21H19IN2O2/c1-4-9-26-20-8-7-16(12-18(20)22)11-17(13-23)21(25)24-19-10-14(2)5-6-15(19)3/h4-8,10-12H,1,9H2,2-3H3,(H,24,25)/b17-11+. The van der Waals surface area contributed by atoms with E-state index >= 15 is 0 Å². The van der Waals surface area contributed by atoms with Crippen LogP contribution in [0.5, 0.6) is 5.75 Å². The van der Waals surface area contributed by atoms with Gasteiger partial charge in [-0.3, -0.25) is 4.79 Å². The molecule has 0 radical (unpaired) electrons. The van der Waals surface area contributed by atoms with Crippen LogP contribution in [0.4, 0.5) is 5.69 Å². The normalized spacial score (nSPS) is 10.8. The Morgan fingerprint density at radius 1 is 1.31 bits per heavy atom. The fourth-order valence-electron chi connectivity index (χ4n) is 2.25. The Balaban J connectivity index is 2.23. The third kappa shape index (κ3) is 5.20. The van der Waals surface area contributed by atoms with Gasteiger partial charge in [0.25, 0.3) is 5.91 Å². The van der Waals surface area contributed by atoms with Gasteiger partial charge in [0, 0.05) is 5.69 Å². The molecule has 0 aliphatic rings. The molecule has 1 amide bonds. The van der Waals surface area contributed by atoms with Crippen molar-refractivity contribution in [3.05, 3.63) is 74.9 Å². The molecule has 0 bridgehead atoms. The van der Waals surface area contributed by atoms with Crippen LogP contribution in [0.25, 0.3) is 6.08 Å². The van der Waals surface area contributed by atoms with Crippen molar-refractivity contribution >= 4 is 40.3 Å². The van der Waals surface area contributed by atoms with Crippen LogP contribution >= 0.6 is 22.6 Å². The fraction of sp³-hybridized carbons (Fsp3) is 0.143. The van der Waals surface area contributed by atoms with E-state index in [0.29, 0.717) is 12.3 Å². The van der Waals surface area contributed by atoms with Crippen molar-refractivity contribution in [1.29, 1.82) is 5.26 Å². The summed E-state index contributed by atoms with van der Waals surface area (Å²) >= 11 is 2.16. The topological polar surface area (TPSA) is 62.1 Å². The maximum absolute atomic E-state index is 12.5. The summed E-state index contributed by atoms with van der Waals surface area (Å²) in [5, 5.41) is 12.2. The number of rotatable bonds is 6. The molecule has 2 aromatic rings. The number of aryl methyl sites for hydroxylation is 2. The molecule has 0 unspecified atom stereocenters. The average molecular weight is 458 g/mol. The number of nitriles is 1. The van der Waals surface area contributed by atoms with Gasteiger partial charge < -0.3 is 10.1 Å². The second kappa shape index (κ2) is 9.20. The van der Waals surface area contributed by atoms with Crippen molar-refractivity contribution in [2.75, 3.05) is 11.9 Å². The minimum atomic E-state index is -0.428. The molecule has 132 valence electrons. The first-order valence-electron chi connectivity index (χ1n) is 7.98. The van der Waals surface area contributed by atoms with Crippen LogP contribution < -0.4 is 10.1 Å². The van der Waals surface area contributed by atoms with Crippen LogP contribution in [0.1, 0.15) is 16.7 Å². The minimum Gasteiger partial charge on any atom is -0.488 e. The Bertz CT molecular complexity index is 911. The second-order valence-electron chi connectivity index (χ2n) is 5.73. The average Bonchev–Trinajstić information content (AvgIpc) is 2.62. The molecule has 0 aliphatic carbocycles. The summed E-state index contributed by atoms with van der Waals surface area (Å²) in [4.78, 5) is 12.5. The van der Waals surface area contributed by atoms with Crippen molar-refractivity contribution in [3.63, 3.8) is 0 Å². The van der Waals surface area contributed by atoms with Crippen molar-refractivity contribution in [2.24, 2.45) is 0 Å². The lowest BCUT2D eigenvalue weighted by molar-refractivity contribution is -0.112. The van der Waals surface area contributed by atoms with E-state index in [9.17, 15) is 10.1 Å². The predicted molar refractivity (Wildman–Crippen MR) is 113 cm³/mol. The first-order chi connectivity index (χ1) is 12.4. The number of carbonyl (C=O) groups is 1. The number of anilines is 1. The highest BCUT2D eigenvalue weighted by atomic mass is 127. The van der Waals surface area contributed by atoms with E-state index in [1.807, 2.05) is 56.3 Å².